The largest absolute Gasteiger partial charge is 0.457 e. The van der Waals surface area contributed by atoms with Crippen LogP contribution in [-0.2, 0) is 13.2 Å². The van der Waals surface area contributed by atoms with E-state index in [-0.39, 0.29) is 17.1 Å². The molecular weight excluding hydrogens is 466 g/mol. The van der Waals surface area contributed by atoms with Crippen LogP contribution in [0.4, 0.5) is 33.7 Å². The van der Waals surface area contributed by atoms with Gasteiger partial charge >= 0.3 is 12.2 Å². The zero-order chi connectivity index (χ0) is 25.2. The molecule has 0 bridgehead atoms. The standard InChI is InChI=1S/C24H19F4N5O2/c1-32-14-15(13-30-32)21-12-19(9-10-29-21)35-18-7-8-22(20(25)11-18)33(2)23(34)31-17-5-3-16(4-6-17)24(26,27)28/h3-14H,1-2H3,(H,31,34). The lowest BCUT2D eigenvalue weighted by molar-refractivity contribution is -0.137. The Morgan fingerprint density at radius 3 is 2.40 bits per heavy atom. The van der Waals surface area contributed by atoms with E-state index in [1.54, 1.807) is 42.5 Å². The first kappa shape index (κ1) is 23.7. The number of aryl methyl sites for hydroxylation is 1. The minimum atomic E-state index is -4.48. The molecule has 35 heavy (non-hydrogen) atoms. The fourth-order valence-electron chi connectivity index (χ4n) is 3.20. The number of pyridine rings is 1. The van der Waals surface area contributed by atoms with Crippen molar-refractivity contribution in [3.8, 4) is 22.8 Å². The van der Waals surface area contributed by atoms with Crippen LogP contribution in [-0.4, -0.2) is 27.8 Å². The number of nitrogens with zero attached hydrogens (tertiary/aromatic N) is 4. The number of halogens is 4. The number of amides is 2. The summed E-state index contributed by atoms with van der Waals surface area (Å²) in [5, 5.41) is 6.53. The molecule has 4 aromatic rings. The second-order valence-corrected chi connectivity index (χ2v) is 7.56. The third kappa shape index (κ3) is 5.57. The van der Waals surface area contributed by atoms with E-state index in [0.717, 1.165) is 40.8 Å². The minimum absolute atomic E-state index is 0.0486. The van der Waals surface area contributed by atoms with Crippen molar-refractivity contribution in [1.29, 1.82) is 0 Å². The van der Waals surface area contributed by atoms with Crippen molar-refractivity contribution >= 4 is 17.4 Å². The van der Waals surface area contributed by atoms with Crippen LogP contribution in [0.15, 0.2) is 73.2 Å². The molecule has 180 valence electrons. The Balaban J connectivity index is 1.44. The van der Waals surface area contributed by atoms with E-state index in [1.807, 2.05) is 0 Å². The number of carbonyl (C=O) groups excluding carboxylic acids is 1. The van der Waals surface area contributed by atoms with Gasteiger partial charge < -0.3 is 10.1 Å². The molecule has 0 spiro atoms. The van der Waals surface area contributed by atoms with Crippen LogP contribution in [0.3, 0.4) is 0 Å². The average Bonchev–Trinajstić information content (AvgIpc) is 3.25. The topological polar surface area (TPSA) is 72.3 Å². The molecule has 11 heteroatoms. The maximum atomic E-state index is 14.8. The Bertz CT molecular complexity index is 1350. The van der Waals surface area contributed by atoms with Crippen molar-refractivity contribution in [2.75, 3.05) is 17.3 Å². The molecule has 1 N–H and O–H groups in total. The zero-order valence-electron chi connectivity index (χ0n) is 18.5. The SMILES string of the molecule is CN(C(=O)Nc1ccc(C(F)(F)F)cc1)c1ccc(Oc2ccnc(-c3cnn(C)c3)c2)cc1F. The van der Waals surface area contributed by atoms with Gasteiger partial charge in [0.1, 0.15) is 11.5 Å². The Morgan fingerprint density at radius 2 is 1.77 bits per heavy atom. The summed E-state index contributed by atoms with van der Waals surface area (Å²) in [7, 11) is 3.12. The van der Waals surface area contributed by atoms with Gasteiger partial charge in [0, 0.05) is 49.9 Å². The van der Waals surface area contributed by atoms with E-state index in [4.69, 9.17) is 4.74 Å². The third-order valence-electron chi connectivity index (χ3n) is 5.02. The average molecular weight is 485 g/mol. The summed E-state index contributed by atoms with van der Waals surface area (Å²) in [4.78, 5) is 17.8. The molecule has 2 heterocycles. The summed E-state index contributed by atoms with van der Waals surface area (Å²) >= 11 is 0. The van der Waals surface area contributed by atoms with Crippen LogP contribution in [0.1, 0.15) is 5.56 Å². The van der Waals surface area contributed by atoms with E-state index in [9.17, 15) is 22.4 Å². The molecule has 0 radical (unpaired) electrons. The highest BCUT2D eigenvalue weighted by Crippen LogP contribution is 2.31. The first-order valence-electron chi connectivity index (χ1n) is 10.2. The molecule has 0 saturated heterocycles. The smallest absolute Gasteiger partial charge is 0.416 e. The minimum Gasteiger partial charge on any atom is -0.457 e. The normalized spacial score (nSPS) is 11.3. The van der Waals surface area contributed by atoms with E-state index in [1.165, 1.54) is 19.2 Å². The Hall–Kier alpha value is -4.41. The number of benzene rings is 2. The van der Waals surface area contributed by atoms with Crippen LogP contribution in [0, 0.1) is 5.82 Å². The first-order chi connectivity index (χ1) is 16.6. The number of alkyl halides is 3. The fourth-order valence-corrected chi connectivity index (χ4v) is 3.20. The number of hydrogen-bond acceptors (Lipinski definition) is 4. The Morgan fingerprint density at radius 1 is 1.06 bits per heavy atom. The number of urea groups is 1. The molecule has 0 atom stereocenters. The zero-order valence-corrected chi connectivity index (χ0v) is 18.5. The van der Waals surface area contributed by atoms with Gasteiger partial charge in [0.05, 0.1) is 23.1 Å². The van der Waals surface area contributed by atoms with Gasteiger partial charge in [-0.05, 0) is 42.5 Å². The van der Waals surface area contributed by atoms with Gasteiger partial charge in [0.2, 0.25) is 0 Å². The van der Waals surface area contributed by atoms with Gasteiger partial charge in [0.15, 0.2) is 5.82 Å². The highest BCUT2D eigenvalue weighted by Gasteiger charge is 2.30. The van der Waals surface area contributed by atoms with Crippen molar-refractivity contribution in [2.24, 2.45) is 7.05 Å². The van der Waals surface area contributed by atoms with Crippen LogP contribution >= 0.6 is 0 Å². The molecular formula is C24H19F4N5O2. The van der Waals surface area contributed by atoms with Gasteiger partial charge in [-0.25, -0.2) is 9.18 Å². The summed E-state index contributed by atoms with van der Waals surface area (Å²) in [5.74, 6) is -0.0975. The van der Waals surface area contributed by atoms with Gasteiger partial charge in [-0.3, -0.25) is 14.6 Å². The van der Waals surface area contributed by atoms with Crippen molar-refractivity contribution in [1.82, 2.24) is 14.8 Å². The van der Waals surface area contributed by atoms with Gasteiger partial charge in [-0.1, -0.05) is 0 Å². The molecule has 4 rings (SSSR count). The molecule has 0 aliphatic rings. The summed E-state index contributed by atoms with van der Waals surface area (Å²) in [6.45, 7) is 0. The van der Waals surface area contributed by atoms with Crippen molar-refractivity contribution in [2.45, 2.75) is 6.18 Å². The number of anilines is 2. The van der Waals surface area contributed by atoms with Crippen LogP contribution in [0.25, 0.3) is 11.3 Å². The van der Waals surface area contributed by atoms with E-state index < -0.39 is 23.6 Å². The van der Waals surface area contributed by atoms with E-state index in [2.05, 4.69) is 15.4 Å². The maximum absolute atomic E-state index is 14.8. The molecule has 0 unspecified atom stereocenters. The highest BCUT2D eigenvalue weighted by atomic mass is 19.4. The molecule has 0 fully saturated rings. The van der Waals surface area contributed by atoms with Crippen molar-refractivity contribution in [3.05, 3.63) is 84.6 Å². The van der Waals surface area contributed by atoms with Gasteiger partial charge in [-0.15, -0.1) is 0 Å². The summed E-state index contributed by atoms with van der Waals surface area (Å²) in [5.41, 5.74) is 0.671. The van der Waals surface area contributed by atoms with E-state index >= 15 is 0 Å². The van der Waals surface area contributed by atoms with Crippen molar-refractivity contribution < 1.29 is 27.1 Å². The number of rotatable bonds is 5. The molecule has 0 saturated carbocycles. The first-order valence-corrected chi connectivity index (χ1v) is 10.2. The molecule has 2 aromatic carbocycles. The summed E-state index contributed by atoms with van der Waals surface area (Å²) in [6, 6.07) is 10.5. The molecule has 7 nitrogen and oxygen atoms in total. The summed E-state index contributed by atoms with van der Waals surface area (Å²) < 4.78 is 60.2. The van der Waals surface area contributed by atoms with Crippen LogP contribution in [0.2, 0.25) is 0 Å². The van der Waals surface area contributed by atoms with Crippen LogP contribution < -0.4 is 15.0 Å². The van der Waals surface area contributed by atoms with Crippen LogP contribution in [0.5, 0.6) is 11.5 Å². The summed E-state index contributed by atoms with van der Waals surface area (Å²) in [6.07, 6.45) is 0.531. The lowest BCUT2D eigenvalue weighted by Gasteiger charge is -2.19. The fraction of sp³-hybridized carbons (Fsp3) is 0.125. The highest BCUT2D eigenvalue weighted by molar-refractivity contribution is 6.01. The van der Waals surface area contributed by atoms with E-state index in [0.29, 0.717) is 11.4 Å². The monoisotopic (exact) mass is 485 g/mol. The predicted octanol–water partition coefficient (Wildman–Crippen LogP) is 6.10. The quantitative estimate of drug-likeness (QED) is 0.347. The molecule has 2 aromatic heterocycles. The van der Waals surface area contributed by atoms with Crippen molar-refractivity contribution in [3.63, 3.8) is 0 Å². The number of ether oxygens (including phenoxy) is 1. The maximum Gasteiger partial charge on any atom is 0.416 e. The number of hydrogen-bond donors (Lipinski definition) is 1. The number of nitrogens with one attached hydrogen (secondary N) is 1. The predicted molar refractivity (Wildman–Crippen MR) is 122 cm³/mol. The lowest BCUT2D eigenvalue weighted by Crippen LogP contribution is -2.31. The molecule has 2 amide bonds. The van der Waals surface area contributed by atoms with Gasteiger partial charge in [-0.2, -0.15) is 18.3 Å². The Labute approximate surface area is 197 Å². The molecule has 0 aliphatic carbocycles. The number of aromatic nitrogens is 3. The third-order valence-corrected chi connectivity index (χ3v) is 5.02. The second-order valence-electron chi connectivity index (χ2n) is 7.56. The Kier molecular flexibility index (Phi) is 6.41. The van der Waals surface area contributed by atoms with Gasteiger partial charge in [0.25, 0.3) is 0 Å². The molecule has 0 aliphatic heterocycles. The lowest BCUT2D eigenvalue weighted by atomic mass is 10.2. The number of carbonyl (C=O) groups is 1. The second kappa shape index (κ2) is 9.45.